The van der Waals surface area contributed by atoms with Crippen LogP contribution in [-0.4, -0.2) is 34.2 Å². The Labute approximate surface area is 185 Å². The van der Waals surface area contributed by atoms with Crippen LogP contribution in [0, 0.1) is 44.1 Å². The van der Waals surface area contributed by atoms with Crippen LogP contribution in [0.3, 0.4) is 0 Å². The molecule has 0 spiro atoms. The summed E-state index contributed by atoms with van der Waals surface area (Å²) >= 11 is 0. The predicted octanol–water partition coefficient (Wildman–Crippen LogP) is 3.18. The number of esters is 1. The molecule has 8 nitrogen and oxygen atoms in total. The van der Waals surface area contributed by atoms with Gasteiger partial charge in [0.25, 0.3) is 0 Å². The van der Waals surface area contributed by atoms with Gasteiger partial charge in [-0.2, -0.15) is 10.5 Å². The number of benzene rings is 2. The first-order valence-corrected chi connectivity index (χ1v) is 10.2. The number of hydrogen-bond donors (Lipinski definition) is 1. The normalized spacial score (nSPS) is 28.7. The van der Waals surface area contributed by atoms with E-state index in [0.717, 1.165) is 0 Å². The fraction of sp³-hybridized carbons (Fsp3) is 0.375. The van der Waals surface area contributed by atoms with Crippen molar-refractivity contribution in [2.75, 3.05) is 6.61 Å². The minimum absolute atomic E-state index is 0.0235. The van der Waals surface area contributed by atoms with Gasteiger partial charge in [-0.15, -0.1) is 0 Å². The molecular weight excluding hydrogens is 410 g/mol. The average Bonchev–Trinajstić information content (AvgIpc) is 2.79. The summed E-state index contributed by atoms with van der Waals surface area (Å²) in [6, 6.07) is 18.7. The largest absolute Gasteiger partial charge is 0.466 e. The Morgan fingerprint density at radius 2 is 1.59 bits per heavy atom. The number of hydrogen-bond acceptors (Lipinski definition) is 7. The zero-order valence-corrected chi connectivity index (χ0v) is 17.7. The van der Waals surface area contributed by atoms with E-state index >= 15 is 0 Å². The van der Waals surface area contributed by atoms with E-state index in [2.05, 4.69) is 0 Å². The molecule has 1 saturated carbocycles. The SMILES string of the molecule is CCOC(=O)[C@@H]1[C@@H](c2ccccc2)[C@H]([N+](=O)[O-])[C@@H](c2ccccc2)C(C#N)(C#N)[C@]1(C)O. The molecule has 1 N–H and O–H groups in total. The van der Waals surface area contributed by atoms with Gasteiger partial charge in [0.1, 0.15) is 11.5 Å². The van der Waals surface area contributed by atoms with Gasteiger partial charge in [0.2, 0.25) is 6.04 Å². The highest BCUT2D eigenvalue weighted by atomic mass is 16.6. The third-order valence-electron chi connectivity index (χ3n) is 6.42. The second-order valence-electron chi connectivity index (χ2n) is 8.01. The van der Waals surface area contributed by atoms with Crippen LogP contribution >= 0.6 is 0 Å². The van der Waals surface area contributed by atoms with Crippen LogP contribution in [0.1, 0.15) is 36.8 Å². The molecule has 0 saturated heterocycles. The van der Waals surface area contributed by atoms with Gasteiger partial charge in [-0.25, -0.2) is 0 Å². The summed E-state index contributed by atoms with van der Waals surface area (Å²) in [6.45, 7) is 2.78. The molecule has 32 heavy (non-hydrogen) atoms. The van der Waals surface area contributed by atoms with Crippen molar-refractivity contribution in [2.45, 2.75) is 37.3 Å². The van der Waals surface area contributed by atoms with Gasteiger partial charge in [0.15, 0.2) is 5.41 Å². The summed E-state index contributed by atoms with van der Waals surface area (Å²) in [6.07, 6.45) is 0. The lowest BCUT2D eigenvalue weighted by molar-refractivity contribution is -0.541. The molecule has 0 amide bonds. The maximum atomic E-state index is 13.1. The minimum atomic E-state index is -2.28. The highest BCUT2D eigenvalue weighted by molar-refractivity contribution is 5.77. The summed E-state index contributed by atoms with van der Waals surface area (Å²) in [4.78, 5) is 25.1. The van der Waals surface area contributed by atoms with Crippen LogP contribution in [0.2, 0.25) is 0 Å². The quantitative estimate of drug-likeness (QED) is 0.434. The van der Waals surface area contributed by atoms with Crippen LogP contribution in [0.25, 0.3) is 0 Å². The number of carbonyl (C=O) groups is 1. The Bertz CT molecular complexity index is 1060. The standard InChI is InChI=1S/C24H23N3O5/c1-3-32-22(28)20-18(16-10-6-4-7-11-16)21(27(30)31)19(17-12-8-5-9-13-17)24(14-25,15-26)23(20,2)29/h4-13,18-21,29H,3H2,1-2H3/t18-,19-,20+,21+,23-/m1/s1. The molecule has 3 rings (SSSR count). The van der Waals surface area contributed by atoms with Gasteiger partial charge in [-0.1, -0.05) is 60.7 Å². The van der Waals surface area contributed by atoms with Crippen molar-refractivity contribution >= 4 is 5.97 Å². The first kappa shape index (κ1) is 22.9. The number of ether oxygens (including phenoxy) is 1. The molecular formula is C24H23N3O5. The van der Waals surface area contributed by atoms with E-state index in [4.69, 9.17) is 4.74 Å². The summed E-state index contributed by atoms with van der Waals surface area (Å²) in [7, 11) is 0. The van der Waals surface area contributed by atoms with Crippen LogP contribution in [-0.2, 0) is 9.53 Å². The Kier molecular flexibility index (Phi) is 6.29. The topological polar surface area (TPSA) is 137 Å². The summed E-state index contributed by atoms with van der Waals surface area (Å²) < 4.78 is 5.18. The van der Waals surface area contributed by atoms with E-state index in [-0.39, 0.29) is 6.61 Å². The highest BCUT2D eigenvalue weighted by Crippen LogP contribution is 2.60. The number of nitriles is 2. The lowest BCUT2D eigenvalue weighted by Gasteiger charge is -2.52. The van der Waals surface area contributed by atoms with E-state index in [0.29, 0.717) is 11.1 Å². The second-order valence-corrected chi connectivity index (χ2v) is 8.01. The maximum Gasteiger partial charge on any atom is 0.312 e. The van der Waals surface area contributed by atoms with E-state index in [1.54, 1.807) is 67.6 Å². The van der Waals surface area contributed by atoms with E-state index < -0.39 is 45.7 Å². The molecule has 0 aromatic heterocycles. The van der Waals surface area contributed by atoms with E-state index in [1.165, 1.54) is 6.92 Å². The monoisotopic (exact) mass is 433 g/mol. The van der Waals surface area contributed by atoms with Gasteiger partial charge in [-0.3, -0.25) is 14.9 Å². The Morgan fingerprint density at radius 3 is 2.03 bits per heavy atom. The van der Waals surface area contributed by atoms with Crippen molar-refractivity contribution in [1.29, 1.82) is 10.5 Å². The summed E-state index contributed by atoms with van der Waals surface area (Å²) in [5.41, 5.74) is -3.73. The Balaban J connectivity index is 2.41. The smallest absolute Gasteiger partial charge is 0.312 e. The molecule has 1 fully saturated rings. The average molecular weight is 433 g/mol. The van der Waals surface area contributed by atoms with E-state index in [1.807, 2.05) is 12.1 Å². The number of nitrogens with zero attached hydrogens (tertiary/aromatic N) is 3. The van der Waals surface area contributed by atoms with Gasteiger partial charge < -0.3 is 9.84 Å². The van der Waals surface area contributed by atoms with Gasteiger partial charge in [0, 0.05) is 4.92 Å². The van der Waals surface area contributed by atoms with Crippen LogP contribution in [0.15, 0.2) is 60.7 Å². The maximum absolute atomic E-state index is 13.1. The molecule has 0 aliphatic heterocycles. The molecule has 0 bridgehead atoms. The lowest BCUT2D eigenvalue weighted by atomic mass is 9.48. The van der Waals surface area contributed by atoms with Crippen molar-refractivity contribution in [3.05, 3.63) is 81.9 Å². The molecule has 1 aliphatic rings. The van der Waals surface area contributed by atoms with Crippen LogP contribution in [0.4, 0.5) is 0 Å². The number of aliphatic hydroxyl groups is 1. The Hall–Kier alpha value is -3.75. The zero-order valence-electron chi connectivity index (χ0n) is 17.7. The molecule has 1 aliphatic carbocycles. The fourth-order valence-corrected chi connectivity index (χ4v) is 4.99. The van der Waals surface area contributed by atoms with E-state index in [9.17, 15) is 30.5 Å². The van der Waals surface area contributed by atoms with Crippen molar-refractivity contribution in [3.63, 3.8) is 0 Å². The highest BCUT2D eigenvalue weighted by Gasteiger charge is 2.72. The molecule has 5 atom stereocenters. The van der Waals surface area contributed by atoms with Crippen molar-refractivity contribution in [2.24, 2.45) is 11.3 Å². The van der Waals surface area contributed by atoms with Crippen molar-refractivity contribution in [3.8, 4) is 12.1 Å². The summed E-state index contributed by atoms with van der Waals surface area (Å²) in [5.74, 6) is -4.85. The summed E-state index contributed by atoms with van der Waals surface area (Å²) in [5, 5.41) is 44.6. The molecule has 0 heterocycles. The van der Waals surface area contributed by atoms with Gasteiger partial charge in [0.05, 0.1) is 30.6 Å². The first-order valence-electron chi connectivity index (χ1n) is 10.2. The molecule has 164 valence electrons. The van der Waals surface area contributed by atoms with Gasteiger partial charge in [-0.05, 0) is 25.0 Å². The third-order valence-corrected chi connectivity index (χ3v) is 6.42. The third kappa shape index (κ3) is 3.39. The van der Waals surface area contributed by atoms with Crippen molar-refractivity contribution < 1.29 is 19.6 Å². The molecule has 0 radical (unpaired) electrons. The predicted molar refractivity (Wildman–Crippen MR) is 114 cm³/mol. The van der Waals surface area contributed by atoms with Crippen LogP contribution in [0.5, 0.6) is 0 Å². The number of nitro groups is 1. The molecule has 0 unspecified atom stereocenters. The first-order chi connectivity index (χ1) is 15.3. The number of rotatable bonds is 5. The molecule has 8 heteroatoms. The fourth-order valence-electron chi connectivity index (χ4n) is 4.99. The molecule has 2 aromatic carbocycles. The Morgan fingerprint density at radius 1 is 1.09 bits per heavy atom. The zero-order chi connectivity index (χ0) is 23.5. The number of carbonyl (C=O) groups excluding carboxylic acids is 1. The van der Waals surface area contributed by atoms with Crippen molar-refractivity contribution in [1.82, 2.24) is 0 Å². The minimum Gasteiger partial charge on any atom is -0.466 e. The van der Waals surface area contributed by atoms with Crippen LogP contribution < -0.4 is 0 Å². The van der Waals surface area contributed by atoms with Gasteiger partial charge >= 0.3 is 5.97 Å². The molecule has 2 aromatic rings. The lowest BCUT2D eigenvalue weighted by Crippen LogP contribution is -2.66. The second kappa shape index (κ2) is 8.78.